The molecule has 0 aromatic heterocycles. The average molecular weight is 680 g/mol. The van der Waals surface area contributed by atoms with Crippen molar-refractivity contribution in [1.82, 2.24) is 0 Å². The van der Waals surface area contributed by atoms with Crippen molar-refractivity contribution in [2.45, 2.75) is 130 Å². The Bertz CT molecular complexity index is 1040. The summed E-state index contributed by atoms with van der Waals surface area (Å²) < 4.78 is 29.2. The fourth-order valence-corrected chi connectivity index (χ4v) is 5.96. The summed E-state index contributed by atoms with van der Waals surface area (Å²) >= 11 is 0. The Kier molecular flexibility index (Phi) is 18.3. The van der Waals surface area contributed by atoms with Crippen LogP contribution in [0.1, 0.15) is 133 Å². The van der Waals surface area contributed by atoms with Crippen LogP contribution in [-0.2, 0) is 13.0 Å². The molecular formula is C36H55FINO2. The first-order valence-corrected chi connectivity index (χ1v) is 16.4. The highest BCUT2D eigenvalue weighted by Crippen LogP contribution is 2.37. The number of hydrogen-bond donors (Lipinski definition) is 0. The summed E-state index contributed by atoms with van der Waals surface area (Å²) in [5, 5.41) is 0. The van der Waals surface area contributed by atoms with Gasteiger partial charge in [0, 0.05) is 24.0 Å². The van der Waals surface area contributed by atoms with E-state index in [0.717, 1.165) is 55.9 Å². The molecule has 5 heteroatoms. The number of fused-ring (bicyclic) bond motifs is 1. The van der Waals surface area contributed by atoms with Crippen molar-refractivity contribution >= 4 is 5.71 Å². The monoisotopic (exact) mass is 679 g/mol. The molecule has 1 aliphatic heterocycles. The molecule has 1 aliphatic rings. The number of methoxy groups -OCH3 is 1. The summed E-state index contributed by atoms with van der Waals surface area (Å²) in [5.41, 5.74) is 4.63. The van der Waals surface area contributed by atoms with Gasteiger partial charge < -0.3 is 33.5 Å². The van der Waals surface area contributed by atoms with E-state index >= 15 is 0 Å². The Labute approximate surface area is 267 Å². The summed E-state index contributed by atoms with van der Waals surface area (Å²) in [7, 11) is 1.74. The third-order valence-corrected chi connectivity index (χ3v) is 8.35. The Hall–Kier alpha value is -1.63. The van der Waals surface area contributed by atoms with E-state index in [1.54, 1.807) is 19.2 Å². The van der Waals surface area contributed by atoms with Gasteiger partial charge in [-0.2, -0.15) is 0 Å². The quantitative estimate of drug-likeness (QED) is 0.0802. The molecule has 41 heavy (non-hydrogen) atoms. The minimum atomic E-state index is -0.117. The van der Waals surface area contributed by atoms with Gasteiger partial charge in [-0.15, -0.1) is 0 Å². The number of halogens is 2. The predicted molar refractivity (Wildman–Crippen MR) is 167 cm³/mol. The molecule has 0 aliphatic carbocycles. The first-order chi connectivity index (χ1) is 19.7. The summed E-state index contributed by atoms with van der Waals surface area (Å²) in [4.78, 5) is 0. The standard InChI is InChI=1S/C36H55FNO2.HI/c1-4-6-8-10-12-13-14-15-17-23-34-31-24-25-35(39-3)36(40-28-20-16-11-9-7-5-2)32(31)26-27-38(34)29-30-21-18-19-22-33(30)37;/h18-19,21-22,24-25H,4-17,20,23,26-29H2,1-3H3;1H/q+1;/p-1. The number of unbranched alkanes of at least 4 members (excludes halogenated alkanes) is 13. The summed E-state index contributed by atoms with van der Waals surface area (Å²) in [6, 6.07) is 11.5. The second kappa shape index (κ2) is 21.1. The minimum absolute atomic E-state index is 0. The Balaban J connectivity index is 0.00000588. The molecular weight excluding hydrogens is 624 g/mol. The number of nitrogens with zero attached hydrogens (tertiary/aromatic N) is 1. The van der Waals surface area contributed by atoms with E-state index in [1.165, 1.54) is 100 Å². The molecule has 0 spiro atoms. The van der Waals surface area contributed by atoms with Crippen LogP contribution in [0.15, 0.2) is 36.4 Å². The molecule has 0 saturated carbocycles. The van der Waals surface area contributed by atoms with Gasteiger partial charge in [0.2, 0.25) is 0 Å². The molecule has 1 heterocycles. The first kappa shape index (κ1) is 35.6. The molecule has 0 fully saturated rings. The highest BCUT2D eigenvalue weighted by Gasteiger charge is 2.30. The molecule has 3 nitrogen and oxygen atoms in total. The van der Waals surface area contributed by atoms with Gasteiger partial charge in [-0.25, -0.2) is 8.97 Å². The van der Waals surface area contributed by atoms with Crippen molar-refractivity contribution in [1.29, 1.82) is 0 Å². The van der Waals surface area contributed by atoms with E-state index in [0.29, 0.717) is 6.54 Å². The molecule has 0 saturated heterocycles. The van der Waals surface area contributed by atoms with Gasteiger partial charge in [0.05, 0.1) is 19.3 Å². The second-order valence-corrected chi connectivity index (χ2v) is 11.5. The third-order valence-electron chi connectivity index (χ3n) is 8.35. The lowest BCUT2D eigenvalue weighted by molar-refractivity contribution is -0.546. The van der Waals surface area contributed by atoms with Crippen molar-refractivity contribution in [3.63, 3.8) is 0 Å². The van der Waals surface area contributed by atoms with Crippen molar-refractivity contribution in [2.75, 3.05) is 20.3 Å². The Morgan fingerprint density at radius 1 is 0.756 bits per heavy atom. The smallest absolute Gasteiger partial charge is 0.184 e. The molecule has 0 bridgehead atoms. The number of rotatable bonds is 21. The maximum Gasteiger partial charge on any atom is 0.184 e. The van der Waals surface area contributed by atoms with E-state index in [9.17, 15) is 4.39 Å². The predicted octanol–water partition coefficient (Wildman–Crippen LogP) is 7.06. The fourth-order valence-electron chi connectivity index (χ4n) is 5.96. The molecule has 0 N–H and O–H groups in total. The summed E-state index contributed by atoms with van der Waals surface area (Å²) in [6.45, 7) is 6.74. The Morgan fingerprint density at radius 3 is 2.00 bits per heavy atom. The summed E-state index contributed by atoms with van der Waals surface area (Å²) in [6.07, 6.45) is 21.2. The second-order valence-electron chi connectivity index (χ2n) is 11.5. The highest BCUT2D eigenvalue weighted by atomic mass is 127. The lowest BCUT2D eigenvalue weighted by Gasteiger charge is -2.23. The van der Waals surface area contributed by atoms with E-state index in [2.05, 4.69) is 30.6 Å². The van der Waals surface area contributed by atoms with Gasteiger partial charge in [-0.3, -0.25) is 0 Å². The average Bonchev–Trinajstić information content (AvgIpc) is 2.97. The van der Waals surface area contributed by atoms with Crippen LogP contribution < -0.4 is 33.5 Å². The van der Waals surface area contributed by atoms with Crippen LogP contribution in [0.4, 0.5) is 4.39 Å². The lowest BCUT2D eigenvalue weighted by Crippen LogP contribution is -3.00. The molecule has 0 unspecified atom stereocenters. The molecule has 0 atom stereocenters. The molecule has 2 aromatic rings. The van der Waals surface area contributed by atoms with Crippen molar-refractivity contribution in [2.24, 2.45) is 0 Å². The van der Waals surface area contributed by atoms with Crippen LogP contribution in [0, 0.1) is 5.82 Å². The van der Waals surface area contributed by atoms with E-state index in [4.69, 9.17) is 9.47 Å². The zero-order valence-corrected chi connectivity index (χ0v) is 28.3. The normalized spacial score (nSPS) is 12.7. The van der Waals surface area contributed by atoms with Gasteiger partial charge in [0.1, 0.15) is 12.4 Å². The maximum absolute atomic E-state index is 14.6. The number of ether oxygens (including phenoxy) is 2. The van der Waals surface area contributed by atoms with Crippen LogP contribution in [-0.4, -0.2) is 30.5 Å². The van der Waals surface area contributed by atoms with Crippen LogP contribution in [0.3, 0.4) is 0 Å². The molecule has 3 rings (SSSR count). The van der Waals surface area contributed by atoms with Crippen LogP contribution in [0.5, 0.6) is 11.5 Å². The molecule has 0 radical (unpaired) electrons. The SMILES string of the molecule is CCCCCCCCCCCC1=[N+](Cc2ccccc2F)CCc2c1ccc(OC)c2OCCCCCCCC.[I-]. The number of hydrogen-bond acceptors (Lipinski definition) is 2. The van der Waals surface area contributed by atoms with E-state index in [-0.39, 0.29) is 29.8 Å². The topological polar surface area (TPSA) is 21.5 Å². The molecule has 2 aromatic carbocycles. The van der Waals surface area contributed by atoms with Crippen LogP contribution >= 0.6 is 0 Å². The van der Waals surface area contributed by atoms with Gasteiger partial charge in [0.25, 0.3) is 0 Å². The number of benzene rings is 2. The van der Waals surface area contributed by atoms with Crippen molar-refractivity contribution in [3.05, 3.63) is 58.9 Å². The van der Waals surface area contributed by atoms with E-state index in [1.807, 2.05) is 12.1 Å². The molecule has 0 amide bonds. The minimum Gasteiger partial charge on any atom is -1.00 e. The van der Waals surface area contributed by atoms with Gasteiger partial charge in [-0.05, 0) is 37.1 Å². The largest absolute Gasteiger partial charge is 1.00 e. The lowest BCUT2D eigenvalue weighted by atomic mass is 9.91. The van der Waals surface area contributed by atoms with Crippen LogP contribution in [0.25, 0.3) is 0 Å². The highest BCUT2D eigenvalue weighted by molar-refractivity contribution is 5.99. The summed E-state index contributed by atoms with van der Waals surface area (Å²) in [5.74, 6) is 1.63. The third kappa shape index (κ3) is 11.9. The zero-order valence-electron chi connectivity index (χ0n) is 26.1. The van der Waals surface area contributed by atoms with E-state index < -0.39 is 0 Å². The fraction of sp³-hybridized carbons (Fsp3) is 0.639. The van der Waals surface area contributed by atoms with Gasteiger partial charge in [-0.1, -0.05) is 109 Å². The first-order valence-electron chi connectivity index (χ1n) is 16.4. The van der Waals surface area contributed by atoms with Crippen molar-refractivity contribution < 1.29 is 42.4 Å². The molecule has 230 valence electrons. The van der Waals surface area contributed by atoms with Gasteiger partial charge >= 0.3 is 0 Å². The van der Waals surface area contributed by atoms with Crippen molar-refractivity contribution in [3.8, 4) is 11.5 Å². The zero-order chi connectivity index (χ0) is 28.4. The van der Waals surface area contributed by atoms with Gasteiger partial charge in [0.15, 0.2) is 23.8 Å². The maximum atomic E-state index is 14.6. The Morgan fingerprint density at radius 2 is 1.37 bits per heavy atom. The van der Waals surface area contributed by atoms with Crippen LogP contribution in [0.2, 0.25) is 0 Å².